The fourth-order valence-electron chi connectivity index (χ4n) is 4.29. The van der Waals surface area contributed by atoms with Gasteiger partial charge in [-0.15, -0.1) is 8.78 Å². The number of likely N-dealkylation sites (tertiary alicyclic amines) is 1. The predicted molar refractivity (Wildman–Crippen MR) is 116 cm³/mol. The SMILES string of the molecule is CCOC(=O)[C@@H]1[C@@H](CC2C=CC=NC2C)C(=O)N1C(=O)N[C@H](C)c1ccc2c(c1)OC(F)(F)O2. The number of halogens is 2. The maximum atomic E-state index is 13.3. The van der Waals surface area contributed by atoms with Gasteiger partial charge in [0.15, 0.2) is 17.5 Å². The quantitative estimate of drug-likeness (QED) is 0.498. The van der Waals surface area contributed by atoms with Crippen LogP contribution in [0.4, 0.5) is 13.6 Å². The number of carbonyl (C=O) groups is 3. The Hall–Kier alpha value is -3.50. The van der Waals surface area contributed by atoms with E-state index in [2.05, 4.69) is 19.8 Å². The average Bonchev–Trinajstić information content (AvgIpc) is 3.09. The van der Waals surface area contributed by atoms with E-state index in [4.69, 9.17) is 4.74 Å². The van der Waals surface area contributed by atoms with Gasteiger partial charge in [0.1, 0.15) is 0 Å². The van der Waals surface area contributed by atoms with Gasteiger partial charge in [0, 0.05) is 12.1 Å². The van der Waals surface area contributed by atoms with Crippen molar-refractivity contribution in [2.75, 3.05) is 6.61 Å². The van der Waals surface area contributed by atoms with Crippen molar-refractivity contribution >= 4 is 24.1 Å². The van der Waals surface area contributed by atoms with E-state index in [9.17, 15) is 23.2 Å². The van der Waals surface area contributed by atoms with Crippen LogP contribution in [0.2, 0.25) is 0 Å². The zero-order valence-electron chi connectivity index (χ0n) is 18.9. The van der Waals surface area contributed by atoms with E-state index in [1.54, 1.807) is 26.1 Å². The van der Waals surface area contributed by atoms with Crippen LogP contribution in [0.15, 0.2) is 35.3 Å². The van der Waals surface area contributed by atoms with Crippen molar-refractivity contribution in [1.82, 2.24) is 10.2 Å². The Balaban J connectivity index is 1.46. The van der Waals surface area contributed by atoms with Gasteiger partial charge >= 0.3 is 18.3 Å². The third-order valence-electron chi connectivity index (χ3n) is 6.14. The lowest BCUT2D eigenvalue weighted by atomic mass is 9.78. The third-order valence-corrected chi connectivity index (χ3v) is 6.14. The predicted octanol–water partition coefficient (Wildman–Crippen LogP) is 3.20. The number of allylic oxidation sites excluding steroid dienone is 1. The minimum atomic E-state index is -3.75. The van der Waals surface area contributed by atoms with Crippen LogP contribution >= 0.6 is 0 Å². The van der Waals surface area contributed by atoms with Crippen molar-refractivity contribution in [2.24, 2.45) is 16.8 Å². The van der Waals surface area contributed by atoms with E-state index in [0.29, 0.717) is 12.0 Å². The van der Waals surface area contributed by atoms with Crippen LogP contribution in [0.1, 0.15) is 38.8 Å². The molecule has 5 atom stereocenters. The molecule has 2 unspecified atom stereocenters. The van der Waals surface area contributed by atoms with Gasteiger partial charge in [0.05, 0.1) is 24.6 Å². The molecular weight excluding hydrogens is 452 g/mol. The summed E-state index contributed by atoms with van der Waals surface area (Å²) in [5.74, 6) is -2.18. The monoisotopic (exact) mass is 477 g/mol. The van der Waals surface area contributed by atoms with E-state index in [-0.39, 0.29) is 30.1 Å². The van der Waals surface area contributed by atoms with Crippen molar-refractivity contribution in [1.29, 1.82) is 0 Å². The smallest absolute Gasteiger partial charge is 0.464 e. The minimum absolute atomic E-state index is 0.0493. The zero-order valence-corrected chi connectivity index (χ0v) is 18.9. The number of nitrogens with zero attached hydrogens (tertiary/aromatic N) is 2. The van der Waals surface area contributed by atoms with Gasteiger partial charge in [-0.3, -0.25) is 9.79 Å². The zero-order chi connectivity index (χ0) is 24.6. The third kappa shape index (κ3) is 4.46. The Kier molecular flexibility index (Phi) is 6.28. The molecule has 3 aliphatic rings. The van der Waals surface area contributed by atoms with Crippen LogP contribution in [0.3, 0.4) is 0 Å². The van der Waals surface area contributed by atoms with Gasteiger partial charge in [-0.05, 0) is 51.0 Å². The summed E-state index contributed by atoms with van der Waals surface area (Å²) in [7, 11) is 0. The molecule has 1 aromatic rings. The molecule has 1 fully saturated rings. The molecule has 182 valence electrons. The summed E-state index contributed by atoms with van der Waals surface area (Å²) in [6, 6.07) is 1.56. The number of nitrogens with one attached hydrogen (secondary N) is 1. The molecule has 4 rings (SSSR count). The van der Waals surface area contributed by atoms with Gasteiger partial charge in [0.25, 0.3) is 0 Å². The first-order valence-electron chi connectivity index (χ1n) is 11.0. The van der Waals surface area contributed by atoms with Gasteiger partial charge in [0.2, 0.25) is 5.91 Å². The van der Waals surface area contributed by atoms with E-state index >= 15 is 0 Å². The number of aliphatic imine (C=N–C) groups is 1. The molecule has 0 aromatic heterocycles. The minimum Gasteiger partial charge on any atom is -0.464 e. The number of rotatable bonds is 6. The lowest BCUT2D eigenvalue weighted by molar-refractivity contribution is -0.286. The number of imide groups is 1. The number of amides is 3. The highest BCUT2D eigenvalue weighted by molar-refractivity contribution is 6.07. The molecular formula is C23H25F2N3O6. The Morgan fingerprint density at radius 3 is 2.74 bits per heavy atom. The van der Waals surface area contributed by atoms with Crippen molar-refractivity contribution in [2.45, 2.75) is 51.6 Å². The molecule has 0 saturated carbocycles. The largest absolute Gasteiger partial charge is 0.586 e. The molecule has 11 heteroatoms. The number of β-lactam (4-membered cyclic amide) rings is 1. The van der Waals surface area contributed by atoms with Crippen molar-refractivity contribution < 1.29 is 37.4 Å². The average molecular weight is 477 g/mol. The number of alkyl halides is 2. The molecule has 3 amide bonds. The van der Waals surface area contributed by atoms with Crippen LogP contribution < -0.4 is 14.8 Å². The number of dihydropyridines is 1. The Labute approximate surface area is 194 Å². The molecule has 9 nitrogen and oxygen atoms in total. The molecule has 0 radical (unpaired) electrons. The van der Waals surface area contributed by atoms with Crippen LogP contribution in [-0.4, -0.2) is 54.0 Å². The van der Waals surface area contributed by atoms with E-state index in [1.165, 1.54) is 18.2 Å². The number of carbonyl (C=O) groups excluding carboxylic acids is 3. The Morgan fingerprint density at radius 1 is 1.29 bits per heavy atom. The molecule has 1 aromatic carbocycles. The fourth-order valence-corrected chi connectivity index (χ4v) is 4.29. The lowest BCUT2D eigenvalue weighted by Crippen LogP contribution is -2.68. The summed E-state index contributed by atoms with van der Waals surface area (Å²) in [6.45, 7) is 5.28. The van der Waals surface area contributed by atoms with Crippen molar-refractivity contribution in [3.63, 3.8) is 0 Å². The first kappa shape index (κ1) is 23.7. The Morgan fingerprint density at radius 2 is 2.03 bits per heavy atom. The fraction of sp³-hybridized carbons (Fsp3) is 0.478. The standard InChI is InChI=1S/C23H25F2N3O6/c1-4-32-21(30)19-16(10-14-6-5-9-26-12(14)2)20(29)28(19)22(31)27-13(3)15-7-8-17-18(11-15)34-23(24,25)33-17/h5-9,11-14,16,19H,4,10H2,1-3H3,(H,27,31)/t12?,13-,14?,16-,19+/m1/s1. The Bertz CT molecular complexity index is 1060. The van der Waals surface area contributed by atoms with Gasteiger partial charge in [-0.1, -0.05) is 12.1 Å². The molecule has 0 spiro atoms. The molecule has 1 N–H and O–H groups in total. The molecule has 3 heterocycles. The van der Waals surface area contributed by atoms with E-state index in [0.717, 1.165) is 4.90 Å². The highest BCUT2D eigenvalue weighted by atomic mass is 19.3. The number of benzene rings is 1. The first-order valence-corrected chi connectivity index (χ1v) is 11.0. The number of ether oxygens (including phenoxy) is 3. The topological polar surface area (TPSA) is 107 Å². The number of esters is 1. The van der Waals surface area contributed by atoms with Gasteiger partial charge in [-0.2, -0.15) is 0 Å². The summed E-state index contributed by atoms with van der Waals surface area (Å²) in [6.07, 6.45) is 2.01. The summed E-state index contributed by atoms with van der Waals surface area (Å²) >= 11 is 0. The number of urea groups is 1. The molecule has 34 heavy (non-hydrogen) atoms. The number of hydrogen-bond donors (Lipinski definition) is 1. The molecule has 0 aliphatic carbocycles. The highest BCUT2D eigenvalue weighted by Gasteiger charge is 2.56. The molecule has 1 saturated heterocycles. The number of hydrogen-bond acceptors (Lipinski definition) is 7. The summed E-state index contributed by atoms with van der Waals surface area (Å²) in [4.78, 5) is 43.7. The molecule has 0 bridgehead atoms. The summed E-state index contributed by atoms with van der Waals surface area (Å²) in [5.41, 5.74) is 0.449. The van der Waals surface area contributed by atoms with E-state index in [1.807, 2.05) is 13.0 Å². The highest BCUT2D eigenvalue weighted by Crippen LogP contribution is 2.42. The summed E-state index contributed by atoms with van der Waals surface area (Å²) < 4.78 is 40.5. The van der Waals surface area contributed by atoms with Crippen molar-refractivity contribution in [3.05, 3.63) is 35.9 Å². The second kappa shape index (κ2) is 9.03. The lowest BCUT2D eigenvalue weighted by Gasteiger charge is -2.45. The normalized spacial score (nSPS) is 27.2. The summed E-state index contributed by atoms with van der Waals surface area (Å²) in [5, 5.41) is 2.64. The van der Waals surface area contributed by atoms with Crippen LogP contribution in [0.5, 0.6) is 11.5 Å². The maximum absolute atomic E-state index is 13.3. The van der Waals surface area contributed by atoms with Gasteiger partial charge < -0.3 is 19.5 Å². The van der Waals surface area contributed by atoms with Crippen molar-refractivity contribution in [3.8, 4) is 11.5 Å². The number of fused-ring (bicyclic) bond motifs is 1. The van der Waals surface area contributed by atoms with Gasteiger partial charge in [-0.25, -0.2) is 14.5 Å². The van der Waals surface area contributed by atoms with Crippen LogP contribution in [-0.2, 0) is 14.3 Å². The first-order chi connectivity index (χ1) is 16.1. The maximum Gasteiger partial charge on any atom is 0.586 e. The molecule has 3 aliphatic heterocycles. The van der Waals surface area contributed by atoms with Crippen LogP contribution in [0.25, 0.3) is 0 Å². The van der Waals surface area contributed by atoms with Crippen LogP contribution in [0, 0.1) is 11.8 Å². The van der Waals surface area contributed by atoms with E-state index < -0.39 is 42.2 Å². The second-order valence-electron chi connectivity index (χ2n) is 8.38. The second-order valence-corrected chi connectivity index (χ2v) is 8.38.